The Morgan fingerprint density at radius 2 is 1.65 bits per heavy atom. The van der Waals surface area contributed by atoms with E-state index in [1.165, 1.54) is 6.07 Å². The lowest BCUT2D eigenvalue weighted by Gasteiger charge is -2.12. The lowest BCUT2D eigenvalue weighted by Crippen LogP contribution is -1.98. The Hall–Kier alpha value is -0.670. The zero-order valence-electron chi connectivity index (χ0n) is 9.04. The fourth-order valence-corrected chi connectivity index (χ4v) is 3.31. The number of halogens is 3. The van der Waals surface area contributed by atoms with Crippen molar-refractivity contribution in [1.29, 1.82) is 0 Å². The average Bonchev–Trinajstić information content (AvgIpc) is 2.32. The number of alkyl halides is 1. The van der Waals surface area contributed by atoms with Gasteiger partial charge in [-0.05, 0) is 29.7 Å². The zero-order valence-corrected chi connectivity index (χ0v) is 12.2. The summed E-state index contributed by atoms with van der Waals surface area (Å²) in [4.78, 5) is 0.106. The molecule has 0 bridgehead atoms. The van der Waals surface area contributed by atoms with E-state index in [1.807, 2.05) is 36.4 Å². The van der Waals surface area contributed by atoms with Crippen molar-refractivity contribution in [2.45, 2.75) is 11.2 Å². The van der Waals surface area contributed by atoms with Crippen LogP contribution in [0.25, 0.3) is 0 Å². The van der Waals surface area contributed by atoms with Crippen LogP contribution >= 0.6 is 31.9 Å². The molecule has 0 aliphatic heterocycles. The van der Waals surface area contributed by atoms with E-state index < -0.39 is 0 Å². The molecule has 0 radical (unpaired) electrons. The molecule has 2 rings (SSSR count). The van der Waals surface area contributed by atoms with Gasteiger partial charge in [-0.2, -0.15) is 0 Å². The van der Waals surface area contributed by atoms with E-state index in [2.05, 4.69) is 31.9 Å². The minimum atomic E-state index is -0.149. The molecule has 0 amide bonds. The van der Waals surface area contributed by atoms with Gasteiger partial charge in [-0.15, -0.1) is 0 Å². The highest BCUT2D eigenvalue weighted by Crippen LogP contribution is 2.32. The van der Waals surface area contributed by atoms with E-state index >= 15 is 0 Å². The molecule has 0 spiro atoms. The van der Waals surface area contributed by atoms with Gasteiger partial charge in [-0.3, -0.25) is 0 Å². The van der Waals surface area contributed by atoms with E-state index in [-0.39, 0.29) is 10.6 Å². The summed E-state index contributed by atoms with van der Waals surface area (Å²) in [5.41, 5.74) is 1.86. The maximum Gasteiger partial charge on any atom is 0.126 e. The van der Waals surface area contributed by atoms with E-state index in [0.29, 0.717) is 6.42 Å². The quantitative estimate of drug-likeness (QED) is 0.656. The number of benzene rings is 2. The second kappa shape index (κ2) is 5.78. The molecule has 0 fully saturated rings. The van der Waals surface area contributed by atoms with Gasteiger partial charge in [0.2, 0.25) is 0 Å². The van der Waals surface area contributed by atoms with E-state index in [9.17, 15) is 4.39 Å². The predicted octanol–water partition coefficient (Wildman–Crippen LogP) is 5.27. The Balaban J connectivity index is 2.20. The highest BCUT2D eigenvalue weighted by atomic mass is 79.9. The van der Waals surface area contributed by atoms with Crippen LogP contribution in [0.3, 0.4) is 0 Å². The number of hydrogen-bond acceptors (Lipinski definition) is 0. The molecule has 0 N–H and O–H groups in total. The van der Waals surface area contributed by atoms with E-state index in [1.54, 1.807) is 6.07 Å². The summed E-state index contributed by atoms with van der Waals surface area (Å²) >= 11 is 7.12. The molecule has 2 aromatic carbocycles. The van der Waals surface area contributed by atoms with Crippen molar-refractivity contribution < 1.29 is 4.39 Å². The minimum absolute atomic E-state index is 0.106. The Bertz CT molecular complexity index is 511. The third-order valence-electron chi connectivity index (χ3n) is 2.60. The van der Waals surface area contributed by atoms with Crippen LogP contribution in [0.15, 0.2) is 53.0 Å². The number of rotatable bonds is 3. The molecule has 0 aliphatic carbocycles. The van der Waals surface area contributed by atoms with Crippen LogP contribution in [0.5, 0.6) is 0 Å². The van der Waals surface area contributed by atoms with Crippen LogP contribution in [-0.4, -0.2) is 0 Å². The molecule has 1 atom stereocenters. The lowest BCUT2D eigenvalue weighted by molar-refractivity contribution is 0.608. The van der Waals surface area contributed by atoms with Crippen molar-refractivity contribution in [1.82, 2.24) is 0 Å². The second-order valence-electron chi connectivity index (χ2n) is 3.78. The predicted molar refractivity (Wildman–Crippen MR) is 75.9 cm³/mol. The summed E-state index contributed by atoms with van der Waals surface area (Å²) in [7, 11) is 0. The van der Waals surface area contributed by atoms with Crippen molar-refractivity contribution in [3.8, 4) is 0 Å². The first-order valence-electron chi connectivity index (χ1n) is 5.30. The summed E-state index contributed by atoms with van der Waals surface area (Å²) in [5.74, 6) is -0.149. The summed E-state index contributed by atoms with van der Waals surface area (Å²) in [6.45, 7) is 0. The summed E-state index contributed by atoms with van der Waals surface area (Å²) in [6, 6.07) is 14.9. The number of hydrogen-bond donors (Lipinski definition) is 0. The summed E-state index contributed by atoms with van der Waals surface area (Å²) < 4.78 is 14.6. The second-order valence-corrected chi connectivity index (χ2v) is 5.74. The lowest BCUT2D eigenvalue weighted by atomic mass is 10.0. The van der Waals surface area contributed by atoms with Crippen molar-refractivity contribution in [2.75, 3.05) is 0 Å². The third-order valence-corrected chi connectivity index (χ3v) is 4.14. The first-order valence-corrected chi connectivity index (χ1v) is 7.01. The maximum absolute atomic E-state index is 13.5. The Morgan fingerprint density at radius 1 is 1.00 bits per heavy atom. The normalized spacial score (nSPS) is 12.4. The molecule has 1 unspecified atom stereocenters. The van der Waals surface area contributed by atoms with Gasteiger partial charge in [0.25, 0.3) is 0 Å². The van der Waals surface area contributed by atoms with Gasteiger partial charge in [-0.1, -0.05) is 68.3 Å². The monoisotopic (exact) mass is 356 g/mol. The fourth-order valence-electron chi connectivity index (χ4n) is 1.70. The van der Waals surface area contributed by atoms with Gasteiger partial charge in [0.1, 0.15) is 5.82 Å². The van der Waals surface area contributed by atoms with Crippen LogP contribution in [0.4, 0.5) is 4.39 Å². The Kier molecular flexibility index (Phi) is 4.35. The summed E-state index contributed by atoms with van der Waals surface area (Å²) in [5, 5.41) is 0. The van der Waals surface area contributed by atoms with Crippen LogP contribution in [-0.2, 0) is 6.42 Å². The zero-order chi connectivity index (χ0) is 12.3. The molecule has 88 valence electrons. The van der Waals surface area contributed by atoms with E-state index in [0.717, 1.165) is 15.6 Å². The van der Waals surface area contributed by atoms with Crippen molar-refractivity contribution in [2.24, 2.45) is 0 Å². The molecule has 0 aromatic heterocycles. The molecule has 0 nitrogen and oxygen atoms in total. The van der Waals surface area contributed by atoms with Crippen LogP contribution in [0.2, 0.25) is 0 Å². The Morgan fingerprint density at radius 3 is 2.35 bits per heavy atom. The minimum Gasteiger partial charge on any atom is -0.207 e. The van der Waals surface area contributed by atoms with Gasteiger partial charge in [0.15, 0.2) is 0 Å². The SMILES string of the molecule is Fc1ccccc1CC(Br)c1ccccc1Br. The van der Waals surface area contributed by atoms with Gasteiger partial charge < -0.3 is 0 Å². The van der Waals surface area contributed by atoms with Crippen molar-refractivity contribution in [3.05, 3.63) is 69.9 Å². The molecule has 0 saturated heterocycles. The Labute approximate surface area is 117 Å². The first-order chi connectivity index (χ1) is 8.18. The van der Waals surface area contributed by atoms with Gasteiger partial charge in [0.05, 0.1) is 0 Å². The van der Waals surface area contributed by atoms with E-state index in [4.69, 9.17) is 0 Å². The van der Waals surface area contributed by atoms with Crippen LogP contribution in [0.1, 0.15) is 16.0 Å². The van der Waals surface area contributed by atoms with Crippen LogP contribution < -0.4 is 0 Å². The van der Waals surface area contributed by atoms with Gasteiger partial charge in [-0.25, -0.2) is 4.39 Å². The highest BCUT2D eigenvalue weighted by Gasteiger charge is 2.13. The molecule has 0 heterocycles. The molecule has 0 aliphatic rings. The first kappa shape index (κ1) is 12.8. The maximum atomic E-state index is 13.5. The van der Waals surface area contributed by atoms with Gasteiger partial charge in [0, 0.05) is 9.30 Å². The average molecular weight is 358 g/mol. The smallest absolute Gasteiger partial charge is 0.126 e. The standard InChI is InChI=1S/C14H11Br2F/c15-12-7-3-2-6-11(12)13(16)9-10-5-1-4-8-14(10)17/h1-8,13H,9H2. The largest absolute Gasteiger partial charge is 0.207 e. The highest BCUT2D eigenvalue weighted by molar-refractivity contribution is 9.11. The fraction of sp³-hybridized carbons (Fsp3) is 0.143. The van der Waals surface area contributed by atoms with Crippen molar-refractivity contribution in [3.63, 3.8) is 0 Å². The molecular formula is C14H11Br2F. The van der Waals surface area contributed by atoms with Crippen LogP contribution in [0, 0.1) is 5.82 Å². The third kappa shape index (κ3) is 3.17. The molecule has 3 heteroatoms. The molecule has 17 heavy (non-hydrogen) atoms. The topological polar surface area (TPSA) is 0 Å². The molecule has 2 aromatic rings. The van der Waals surface area contributed by atoms with Gasteiger partial charge >= 0.3 is 0 Å². The molecular weight excluding hydrogens is 347 g/mol. The summed E-state index contributed by atoms with van der Waals surface area (Å²) in [6.07, 6.45) is 0.634. The molecule has 0 saturated carbocycles. The van der Waals surface area contributed by atoms with Crippen molar-refractivity contribution >= 4 is 31.9 Å².